The van der Waals surface area contributed by atoms with E-state index in [1.807, 2.05) is 65.3 Å². The topological polar surface area (TPSA) is 86.9 Å². The van der Waals surface area contributed by atoms with Crippen LogP contribution in [0.5, 0.6) is 5.75 Å². The third kappa shape index (κ3) is 4.01. The lowest BCUT2D eigenvalue weighted by Gasteiger charge is -2.08. The van der Waals surface area contributed by atoms with Gasteiger partial charge in [-0.2, -0.15) is 10.2 Å². The van der Waals surface area contributed by atoms with Gasteiger partial charge in [0.1, 0.15) is 11.4 Å². The summed E-state index contributed by atoms with van der Waals surface area (Å²) in [6.07, 6.45) is 5.15. The minimum absolute atomic E-state index is 0.196. The van der Waals surface area contributed by atoms with E-state index in [2.05, 4.69) is 29.2 Å². The highest BCUT2D eigenvalue weighted by Gasteiger charge is 2.20. The van der Waals surface area contributed by atoms with Crippen LogP contribution in [-0.2, 0) is 0 Å². The van der Waals surface area contributed by atoms with Gasteiger partial charge in [0, 0.05) is 23.2 Å². The molecule has 0 saturated carbocycles. The zero-order valence-electron chi connectivity index (χ0n) is 19.1. The third-order valence-corrected chi connectivity index (χ3v) is 5.52. The van der Waals surface area contributed by atoms with Crippen LogP contribution in [0.3, 0.4) is 0 Å². The molecule has 3 aromatic heterocycles. The van der Waals surface area contributed by atoms with Crippen LogP contribution in [0.4, 0.5) is 5.69 Å². The highest BCUT2D eigenvalue weighted by Crippen LogP contribution is 2.27. The molecule has 2 aromatic carbocycles. The Bertz CT molecular complexity index is 1450. The lowest BCUT2D eigenvalue weighted by molar-refractivity contribution is 0.102. The fraction of sp³-hybridized carbons (Fsp3) is 0.154. The molecule has 0 atom stereocenters. The fourth-order valence-electron chi connectivity index (χ4n) is 3.80. The number of pyridine rings is 1. The number of aromatic nitrogens is 5. The Morgan fingerprint density at radius 2 is 1.79 bits per heavy atom. The van der Waals surface area contributed by atoms with Gasteiger partial charge in [-0.05, 0) is 56.3 Å². The number of hydrogen-bond acceptors (Lipinski definition) is 5. The fourth-order valence-corrected chi connectivity index (χ4v) is 3.80. The van der Waals surface area contributed by atoms with E-state index in [1.54, 1.807) is 30.4 Å². The van der Waals surface area contributed by atoms with Crippen LogP contribution < -0.4 is 10.1 Å². The van der Waals surface area contributed by atoms with Crippen LogP contribution in [0, 0.1) is 0 Å². The first-order valence-electron chi connectivity index (χ1n) is 11.0. The number of methoxy groups -OCH3 is 1. The second kappa shape index (κ2) is 8.82. The van der Waals surface area contributed by atoms with Crippen molar-refractivity contribution in [1.29, 1.82) is 0 Å². The number of nitrogens with one attached hydrogen (secondary N) is 1. The largest absolute Gasteiger partial charge is 0.497 e. The summed E-state index contributed by atoms with van der Waals surface area (Å²) in [6, 6.07) is 19.2. The molecular weight excluding hydrogens is 428 g/mol. The highest BCUT2D eigenvalue weighted by atomic mass is 16.5. The zero-order chi connectivity index (χ0) is 23.7. The number of carbonyl (C=O) groups excluding carboxylic acids is 1. The minimum Gasteiger partial charge on any atom is -0.497 e. The summed E-state index contributed by atoms with van der Waals surface area (Å²) in [5, 5.41) is 13.0. The maximum atomic E-state index is 13.4. The average molecular weight is 453 g/mol. The standard InChI is InChI=1S/C26H24N6O2/c1-17(2)32-25-19(14-28-32)13-20(15-27-25)29-26(33)23-16-31(21-7-5-4-6-8-21)30-24(23)18-9-11-22(34-3)12-10-18/h4-17H,1-3H3,(H,29,33). The first-order chi connectivity index (χ1) is 16.5. The third-order valence-electron chi connectivity index (χ3n) is 5.52. The molecule has 0 spiro atoms. The first kappa shape index (κ1) is 21.4. The Labute approximate surface area is 196 Å². The summed E-state index contributed by atoms with van der Waals surface area (Å²) >= 11 is 0. The molecule has 1 amide bonds. The van der Waals surface area contributed by atoms with Crippen LogP contribution in [0.2, 0.25) is 0 Å². The summed E-state index contributed by atoms with van der Waals surface area (Å²) in [5.41, 5.74) is 4.07. The molecule has 0 unspecified atom stereocenters. The van der Waals surface area contributed by atoms with Gasteiger partial charge in [0.15, 0.2) is 5.65 Å². The number of carbonyl (C=O) groups is 1. The summed E-state index contributed by atoms with van der Waals surface area (Å²) in [7, 11) is 1.62. The molecular formula is C26H24N6O2. The summed E-state index contributed by atoms with van der Waals surface area (Å²) in [5.74, 6) is 0.462. The second-order valence-electron chi connectivity index (χ2n) is 8.17. The van der Waals surface area contributed by atoms with Gasteiger partial charge in [0.05, 0.1) is 36.4 Å². The zero-order valence-corrected chi connectivity index (χ0v) is 19.1. The van der Waals surface area contributed by atoms with Crippen molar-refractivity contribution in [2.75, 3.05) is 12.4 Å². The Morgan fingerprint density at radius 1 is 1.03 bits per heavy atom. The van der Waals surface area contributed by atoms with E-state index in [9.17, 15) is 4.79 Å². The number of benzene rings is 2. The van der Waals surface area contributed by atoms with Gasteiger partial charge in [-0.25, -0.2) is 14.3 Å². The number of ether oxygens (including phenoxy) is 1. The van der Waals surface area contributed by atoms with Crippen molar-refractivity contribution in [2.45, 2.75) is 19.9 Å². The maximum absolute atomic E-state index is 13.4. The van der Waals surface area contributed by atoms with Crippen LogP contribution in [-0.4, -0.2) is 37.6 Å². The number of fused-ring (bicyclic) bond motifs is 1. The molecule has 8 nitrogen and oxygen atoms in total. The van der Waals surface area contributed by atoms with E-state index in [4.69, 9.17) is 9.84 Å². The molecule has 0 aliphatic carbocycles. The van der Waals surface area contributed by atoms with E-state index in [0.29, 0.717) is 16.9 Å². The van der Waals surface area contributed by atoms with Crippen molar-refractivity contribution in [2.24, 2.45) is 0 Å². The lowest BCUT2D eigenvalue weighted by Crippen LogP contribution is -2.12. The smallest absolute Gasteiger partial charge is 0.259 e. The molecule has 0 saturated heterocycles. The monoisotopic (exact) mass is 452 g/mol. The van der Waals surface area contributed by atoms with Crippen LogP contribution in [0.25, 0.3) is 28.0 Å². The Morgan fingerprint density at radius 3 is 2.50 bits per heavy atom. The molecule has 0 aliphatic rings. The van der Waals surface area contributed by atoms with Crippen LogP contribution >= 0.6 is 0 Å². The maximum Gasteiger partial charge on any atom is 0.259 e. The molecule has 5 rings (SSSR count). The second-order valence-corrected chi connectivity index (χ2v) is 8.17. The highest BCUT2D eigenvalue weighted by molar-refractivity contribution is 6.08. The summed E-state index contributed by atoms with van der Waals surface area (Å²) < 4.78 is 8.83. The summed E-state index contributed by atoms with van der Waals surface area (Å²) in [6.45, 7) is 4.10. The van der Waals surface area contributed by atoms with E-state index in [-0.39, 0.29) is 11.9 Å². The van der Waals surface area contributed by atoms with E-state index >= 15 is 0 Å². The predicted molar refractivity (Wildman–Crippen MR) is 131 cm³/mol. The van der Waals surface area contributed by atoms with E-state index < -0.39 is 0 Å². The molecule has 0 bridgehead atoms. The Hall–Kier alpha value is -4.46. The van der Waals surface area contributed by atoms with Crippen molar-refractivity contribution >= 4 is 22.6 Å². The van der Waals surface area contributed by atoms with Gasteiger partial charge in [-0.1, -0.05) is 18.2 Å². The quantitative estimate of drug-likeness (QED) is 0.386. The van der Waals surface area contributed by atoms with Gasteiger partial charge >= 0.3 is 0 Å². The number of para-hydroxylation sites is 1. The SMILES string of the molecule is COc1ccc(-c2nn(-c3ccccc3)cc2C(=O)Nc2cnc3c(cnn3C(C)C)c2)cc1. The Kier molecular flexibility index (Phi) is 5.55. The molecule has 0 aliphatic heterocycles. The lowest BCUT2D eigenvalue weighted by atomic mass is 10.1. The number of rotatable bonds is 6. The molecule has 5 aromatic rings. The van der Waals surface area contributed by atoms with Gasteiger partial charge in [-0.3, -0.25) is 4.79 Å². The predicted octanol–water partition coefficient (Wildman–Crippen LogP) is 5.13. The molecule has 0 radical (unpaired) electrons. The molecule has 1 N–H and O–H groups in total. The van der Waals surface area contributed by atoms with E-state index in [0.717, 1.165) is 28.0 Å². The van der Waals surface area contributed by atoms with Gasteiger partial charge in [0.25, 0.3) is 5.91 Å². The van der Waals surface area contributed by atoms with Gasteiger partial charge in [-0.15, -0.1) is 0 Å². The number of hydrogen-bond donors (Lipinski definition) is 1. The van der Waals surface area contributed by atoms with Crippen molar-refractivity contribution in [3.8, 4) is 22.7 Å². The van der Waals surface area contributed by atoms with Crippen molar-refractivity contribution in [1.82, 2.24) is 24.5 Å². The van der Waals surface area contributed by atoms with Crippen molar-refractivity contribution in [3.63, 3.8) is 0 Å². The Balaban J connectivity index is 1.51. The normalized spacial score (nSPS) is 11.2. The van der Waals surface area contributed by atoms with Crippen molar-refractivity contribution in [3.05, 3.63) is 84.8 Å². The van der Waals surface area contributed by atoms with E-state index in [1.165, 1.54) is 0 Å². The van der Waals surface area contributed by atoms with Crippen LogP contribution in [0.1, 0.15) is 30.2 Å². The molecule has 170 valence electrons. The molecule has 3 heterocycles. The van der Waals surface area contributed by atoms with Crippen LogP contribution in [0.15, 0.2) is 79.3 Å². The van der Waals surface area contributed by atoms with Gasteiger partial charge in [0.2, 0.25) is 0 Å². The first-order valence-corrected chi connectivity index (χ1v) is 11.0. The summed E-state index contributed by atoms with van der Waals surface area (Å²) in [4.78, 5) is 17.9. The minimum atomic E-state index is -0.273. The number of anilines is 1. The number of nitrogens with zero attached hydrogens (tertiary/aromatic N) is 5. The van der Waals surface area contributed by atoms with Crippen molar-refractivity contribution < 1.29 is 9.53 Å². The average Bonchev–Trinajstić information content (AvgIpc) is 3.49. The van der Waals surface area contributed by atoms with Gasteiger partial charge < -0.3 is 10.1 Å². The molecule has 34 heavy (non-hydrogen) atoms. The molecule has 0 fully saturated rings. The molecule has 8 heteroatoms. The number of amides is 1.